The van der Waals surface area contributed by atoms with Crippen LogP contribution in [0, 0.1) is 30.1 Å². The minimum Gasteiger partial charge on any atom is -0.478 e. The van der Waals surface area contributed by atoms with Gasteiger partial charge >= 0.3 is 5.97 Å². The molecule has 0 amide bonds. The highest BCUT2D eigenvalue weighted by molar-refractivity contribution is 7.18. The fourth-order valence-electron chi connectivity index (χ4n) is 6.69. The average molecular weight is 678 g/mol. The van der Waals surface area contributed by atoms with E-state index in [1.54, 1.807) is 42.9 Å². The Labute approximate surface area is 286 Å². The second-order valence-electron chi connectivity index (χ2n) is 12.7. The summed E-state index contributed by atoms with van der Waals surface area (Å²) in [4.78, 5) is 43.9. The van der Waals surface area contributed by atoms with Crippen LogP contribution in [-0.2, 0) is 6.54 Å². The van der Waals surface area contributed by atoms with Crippen LogP contribution in [0.3, 0.4) is 0 Å². The topological polar surface area (TPSA) is 128 Å². The zero-order valence-electron chi connectivity index (χ0n) is 26.7. The number of carboxylic acids is 1. The zero-order chi connectivity index (χ0) is 33.7. The van der Waals surface area contributed by atoms with Gasteiger partial charge in [-0.1, -0.05) is 23.4 Å². The molecule has 12 heteroatoms. The number of rotatable bonds is 6. The van der Waals surface area contributed by atoms with Crippen LogP contribution < -0.4 is 10.5 Å². The minimum absolute atomic E-state index is 0.0409. The molecule has 48 heavy (non-hydrogen) atoms. The Morgan fingerprint density at radius 2 is 1.98 bits per heavy atom. The highest BCUT2D eigenvalue weighted by Crippen LogP contribution is 2.43. The molecular formula is C36H32ClN7O3S. The van der Waals surface area contributed by atoms with Crippen molar-refractivity contribution >= 4 is 55.8 Å². The van der Waals surface area contributed by atoms with Crippen LogP contribution in [0.5, 0.6) is 0 Å². The van der Waals surface area contributed by atoms with E-state index < -0.39 is 5.97 Å². The molecule has 1 saturated heterocycles. The van der Waals surface area contributed by atoms with Gasteiger partial charge in [0, 0.05) is 65.0 Å². The minimum atomic E-state index is -1.04. The van der Waals surface area contributed by atoms with Crippen molar-refractivity contribution in [3.63, 3.8) is 0 Å². The first-order valence-corrected chi connectivity index (χ1v) is 17.0. The standard InChI is InChI=1S/C36H32ClN7O3S/c1-21-41-29-19-40-33(42(3)24-9-15-43(16-10-24)36(2)11-12-36)27(18-38)30(29)34(45)44(21)14-4-5-22-6-7-23(37)17-26(22)25-8-13-39-31-28(35(46)47)20-48-32(25)31/h6-8,13,17,19-20,24H,9-12,14-16H2,1-3H3,(H,46,47). The van der Waals surface area contributed by atoms with E-state index in [0.717, 1.165) is 37.1 Å². The quantitative estimate of drug-likeness (QED) is 0.212. The van der Waals surface area contributed by atoms with Gasteiger partial charge in [-0.05, 0) is 63.8 Å². The molecule has 5 heterocycles. The first-order chi connectivity index (χ1) is 23.1. The summed E-state index contributed by atoms with van der Waals surface area (Å²) in [7, 11) is 1.96. The molecule has 242 valence electrons. The van der Waals surface area contributed by atoms with Gasteiger partial charge in [0.05, 0.1) is 39.4 Å². The molecule has 1 saturated carbocycles. The summed E-state index contributed by atoms with van der Waals surface area (Å²) in [6.45, 7) is 6.12. The number of hydrogen-bond acceptors (Lipinski definition) is 9. The van der Waals surface area contributed by atoms with Gasteiger partial charge in [0.1, 0.15) is 23.3 Å². The Morgan fingerprint density at radius 3 is 2.69 bits per heavy atom. The number of hydrogen-bond donors (Lipinski definition) is 1. The number of piperidine rings is 1. The number of fused-ring (bicyclic) bond motifs is 2. The van der Waals surface area contributed by atoms with E-state index in [1.807, 2.05) is 13.1 Å². The van der Waals surface area contributed by atoms with Crippen molar-refractivity contribution < 1.29 is 9.90 Å². The second-order valence-corrected chi connectivity index (χ2v) is 14.0. The summed E-state index contributed by atoms with van der Waals surface area (Å²) in [5.41, 5.74) is 3.29. The van der Waals surface area contributed by atoms with E-state index in [-0.39, 0.29) is 34.7 Å². The maximum atomic E-state index is 14.0. The number of aromatic carboxylic acids is 1. The van der Waals surface area contributed by atoms with Crippen molar-refractivity contribution in [3.8, 4) is 29.0 Å². The van der Waals surface area contributed by atoms with Crippen molar-refractivity contribution in [2.24, 2.45) is 0 Å². The number of pyridine rings is 2. The Kier molecular flexibility index (Phi) is 8.16. The number of nitriles is 1. The van der Waals surface area contributed by atoms with Crippen molar-refractivity contribution in [2.75, 3.05) is 25.0 Å². The summed E-state index contributed by atoms with van der Waals surface area (Å²) in [6, 6.07) is 9.62. The highest BCUT2D eigenvalue weighted by atomic mass is 35.5. The molecule has 1 aromatic carbocycles. The SMILES string of the molecule is Cc1nc2cnc(N(C)C3CCN(C4(C)CC4)CC3)c(C#N)c2c(=O)n1CC#Cc1ccc(Cl)cc1-c1ccnc2c(C(=O)O)csc12. The number of halogens is 1. The fourth-order valence-corrected chi connectivity index (χ4v) is 7.89. The summed E-state index contributed by atoms with van der Waals surface area (Å²) in [6.07, 6.45) is 7.59. The largest absolute Gasteiger partial charge is 0.478 e. The van der Waals surface area contributed by atoms with E-state index in [4.69, 9.17) is 11.6 Å². The summed E-state index contributed by atoms with van der Waals surface area (Å²) < 4.78 is 2.19. The molecule has 10 nitrogen and oxygen atoms in total. The monoisotopic (exact) mass is 677 g/mol. The van der Waals surface area contributed by atoms with E-state index in [9.17, 15) is 20.0 Å². The van der Waals surface area contributed by atoms with Gasteiger partial charge in [-0.25, -0.2) is 14.8 Å². The van der Waals surface area contributed by atoms with Crippen LogP contribution in [0.2, 0.25) is 5.02 Å². The molecule has 1 aliphatic heterocycles. The second kappa shape index (κ2) is 12.3. The van der Waals surface area contributed by atoms with Crippen LogP contribution in [-0.4, -0.2) is 67.2 Å². The van der Waals surface area contributed by atoms with Gasteiger partial charge in [-0.15, -0.1) is 11.3 Å². The molecule has 7 rings (SSSR count). The Morgan fingerprint density at radius 1 is 1.21 bits per heavy atom. The lowest BCUT2D eigenvalue weighted by Gasteiger charge is -2.40. The molecule has 1 aliphatic carbocycles. The van der Waals surface area contributed by atoms with E-state index in [2.05, 4.69) is 49.6 Å². The maximum Gasteiger partial charge on any atom is 0.338 e. The molecule has 0 unspecified atom stereocenters. The number of carboxylic acid groups (broad SMARTS) is 1. The fraction of sp³-hybridized carbons (Fsp3) is 0.333. The average Bonchev–Trinajstić information content (AvgIpc) is 3.68. The number of likely N-dealkylation sites (tertiary alicyclic amines) is 1. The lowest BCUT2D eigenvalue weighted by atomic mass is 10.00. The van der Waals surface area contributed by atoms with Gasteiger partial charge in [0.15, 0.2) is 0 Å². The molecule has 1 N–H and O–H groups in total. The number of benzene rings is 1. The molecule has 0 atom stereocenters. The molecule has 2 aliphatic rings. The lowest BCUT2D eigenvalue weighted by molar-refractivity contribution is 0.0699. The van der Waals surface area contributed by atoms with Gasteiger partial charge in [0.25, 0.3) is 5.56 Å². The van der Waals surface area contributed by atoms with Crippen molar-refractivity contribution in [1.82, 2.24) is 24.4 Å². The van der Waals surface area contributed by atoms with Gasteiger partial charge in [-0.3, -0.25) is 19.2 Å². The normalized spacial score (nSPS) is 16.0. The maximum absolute atomic E-state index is 14.0. The highest BCUT2D eigenvalue weighted by Gasteiger charge is 2.44. The molecule has 2 fully saturated rings. The van der Waals surface area contributed by atoms with Crippen molar-refractivity contribution in [3.05, 3.63) is 79.9 Å². The number of anilines is 1. The number of nitrogens with zero attached hydrogens (tertiary/aromatic N) is 7. The summed E-state index contributed by atoms with van der Waals surface area (Å²) in [5.74, 6) is 6.22. The Balaban J connectivity index is 1.21. The van der Waals surface area contributed by atoms with Gasteiger partial charge < -0.3 is 10.0 Å². The third-order valence-corrected chi connectivity index (χ3v) is 11.0. The van der Waals surface area contributed by atoms with Crippen LogP contribution >= 0.6 is 22.9 Å². The van der Waals surface area contributed by atoms with Crippen LogP contribution in [0.4, 0.5) is 5.82 Å². The van der Waals surface area contributed by atoms with Gasteiger partial charge in [-0.2, -0.15) is 5.26 Å². The van der Waals surface area contributed by atoms with Crippen molar-refractivity contribution in [1.29, 1.82) is 5.26 Å². The first kappa shape index (κ1) is 31.8. The molecule has 5 aromatic rings. The number of carbonyl (C=O) groups is 1. The number of thiophene rings is 1. The predicted molar refractivity (Wildman–Crippen MR) is 188 cm³/mol. The molecular weight excluding hydrogens is 646 g/mol. The molecule has 4 aromatic heterocycles. The lowest BCUT2D eigenvalue weighted by Crippen LogP contribution is -2.47. The summed E-state index contributed by atoms with van der Waals surface area (Å²) in [5, 5.41) is 22.2. The van der Waals surface area contributed by atoms with Crippen molar-refractivity contribution in [2.45, 2.75) is 57.7 Å². The number of aromatic nitrogens is 4. The third-order valence-electron chi connectivity index (χ3n) is 9.78. The third kappa shape index (κ3) is 5.58. The zero-order valence-corrected chi connectivity index (χ0v) is 28.3. The van der Waals surface area contributed by atoms with E-state index in [0.29, 0.717) is 43.5 Å². The molecule has 0 spiro atoms. The van der Waals surface area contributed by atoms with E-state index in [1.165, 1.54) is 28.7 Å². The van der Waals surface area contributed by atoms with Crippen LogP contribution in [0.25, 0.3) is 32.2 Å². The Hall–Kier alpha value is -4.81. The van der Waals surface area contributed by atoms with Crippen LogP contribution in [0.15, 0.2) is 46.8 Å². The predicted octanol–water partition coefficient (Wildman–Crippen LogP) is 6.10. The molecule has 0 bridgehead atoms. The number of aryl methyl sites for hydroxylation is 1. The Bertz CT molecular complexity index is 2290. The van der Waals surface area contributed by atoms with E-state index >= 15 is 0 Å². The molecule has 0 radical (unpaired) electrons. The smallest absolute Gasteiger partial charge is 0.338 e. The van der Waals surface area contributed by atoms with Gasteiger partial charge in [0.2, 0.25) is 0 Å². The first-order valence-electron chi connectivity index (χ1n) is 15.8. The summed E-state index contributed by atoms with van der Waals surface area (Å²) >= 11 is 7.69. The van der Waals surface area contributed by atoms with Crippen LogP contribution in [0.1, 0.15) is 59.9 Å².